The van der Waals surface area contributed by atoms with Crippen LogP contribution in [0.5, 0.6) is 0 Å². The van der Waals surface area contributed by atoms with Gasteiger partial charge in [-0.1, -0.05) is 0 Å². The summed E-state index contributed by atoms with van der Waals surface area (Å²) in [4.78, 5) is 13.2. The number of aromatic nitrogens is 4. The summed E-state index contributed by atoms with van der Waals surface area (Å²) in [7, 11) is 0.773. The summed E-state index contributed by atoms with van der Waals surface area (Å²) in [5.41, 5.74) is -4.43. The van der Waals surface area contributed by atoms with E-state index >= 15 is 0 Å². The fourth-order valence-electron chi connectivity index (χ4n) is 3.37. The summed E-state index contributed by atoms with van der Waals surface area (Å²) in [6.45, 7) is 1.59. The molecule has 3 aromatic rings. The number of carbonyl (C=O) groups is 1. The number of alkyl halides is 9. The summed E-state index contributed by atoms with van der Waals surface area (Å²) in [6.07, 6.45) is -10.8. The quantitative estimate of drug-likeness (QED) is 0.463. The smallest absolute Gasteiger partial charge is 0.346 e. The van der Waals surface area contributed by atoms with Crippen molar-refractivity contribution in [1.29, 1.82) is 0 Å². The van der Waals surface area contributed by atoms with Gasteiger partial charge in [0.2, 0.25) is 0 Å². The lowest BCUT2D eigenvalue weighted by Gasteiger charge is -2.19. The van der Waals surface area contributed by atoms with Crippen LogP contribution in [0, 0.1) is 6.92 Å². The predicted octanol–water partition coefficient (Wildman–Crippen LogP) is 5.16. The van der Waals surface area contributed by atoms with Crippen LogP contribution >= 0.6 is 11.3 Å². The molecule has 1 N–H and O–H groups in total. The average molecular weight is 531 g/mol. The standard InChI is InChI=1S/C19H14F9N5OS/c1-7-9(15(34)30-11-4-10(11)20)3-12(35-7)8-5-29-33(6-8)16-13(18(23,24)25)14(31-32(16)2)17(21,22)19(26,27)28/h3,5-6,10-11H,4H2,1-2H3,(H,30,34). The number of rotatable bonds is 5. The van der Waals surface area contributed by atoms with Gasteiger partial charge in [-0.2, -0.15) is 45.3 Å². The summed E-state index contributed by atoms with van der Waals surface area (Å²) < 4.78 is 121. The Hall–Kier alpha value is -3.04. The van der Waals surface area contributed by atoms with Crippen molar-refractivity contribution in [1.82, 2.24) is 24.9 Å². The SMILES string of the molecule is Cc1sc(-c2cnn(-c3c(C(F)(F)F)c(C(F)(F)C(F)(F)F)nn3C)c2)cc1C(=O)NC1CC1F. The van der Waals surface area contributed by atoms with E-state index in [9.17, 15) is 44.3 Å². The molecule has 1 aliphatic rings. The Labute approximate surface area is 194 Å². The first-order chi connectivity index (χ1) is 16.0. The van der Waals surface area contributed by atoms with Gasteiger partial charge in [0, 0.05) is 35.0 Å². The predicted molar refractivity (Wildman–Crippen MR) is 104 cm³/mol. The first-order valence-corrected chi connectivity index (χ1v) is 10.5. The van der Waals surface area contributed by atoms with Crippen molar-refractivity contribution in [3.8, 4) is 16.3 Å². The van der Waals surface area contributed by atoms with E-state index in [0.29, 0.717) is 14.4 Å². The number of carbonyl (C=O) groups excluding carboxylic acids is 1. The van der Waals surface area contributed by atoms with E-state index < -0.39 is 53.5 Å². The monoisotopic (exact) mass is 531 g/mol. The van der Waals surface area contributed by atoms with Crippen molar-refractivity contribution in [2.45, 2.75) is 43.8 Å². The Kier molecular flexibility index (Phi) is 5.72. The van der Waals surface area contributed by atoms with Crippen LogP contribution in [0.4, 0.5) is 39.5 Å². The first-order valence-electron chi connectivity index (χ1n) is 9.72. The van der Waals surface area contributed by atoms with Gasteiger partial charge >= 0.3 is 18.3 Å². The fourth-order valence-corrected chi connectivity index (χ4v) is 4.36. The topological polar surface area (TPSA) is 64.7 Å². The maximum absolute atomic E-state index is 13.9. The van der Waals surface area contributed by atoms with Crippen LogP contribution in [0.2, 0.25) is 0 Å². The summed E-state index contributed by atoms with van der Waals surface area (Å²) in [6, 6.07) is 0.798. The number of halogens is 9. The molecule has 0 spiro atoms. The second-order valence-corrected chi connectivity index (χ2v) is 9.08. The number of amides is 1. The molecular formula is C19H14F9N5OS. The van der Waals surface area contributed by atoms with E-state index in [-0.39, 0.29) is 22.2 Å². The Morgan fingerprint density at radius 3 is 2.34 bits per heavy atom. The molecule has 1 amide bonds. The lowest BCUT2D eigenvalue weighted by atomic mass is 10.1. The van der Waals surface area contributed by atoms with E-state index in [4.69, 9.17) is 0 Å². The van der Waals surface area contributed by atoms with Crippen LogP contribution in [0.15, 0.2) is 18.5 Å². The molecule has 16 heteroatoms. The van der Waals surface area contributed by atoms with Crippen LogP contribution in [0.1, 0.15) is 32.9 Å². The molecule has 3 heterocycles. The second kappa shape index (κ2) is 7.99. The molecule has 2 atom stereocenters. The average Bonchev–Trinajstić information content (AvgIpc) is 3.11. The van der Waals surface area contributed by atoms with Crippen LogP contribution in [-0.2, 0) is 19.1 Å². The molecular weight excluding hydrogens is 517 g/mol. The van der Waals surface area contributed by atoms with Crippen LogP contribution in [0.25, 0.3) is 16.3 Å². The molecule has 3 aromatic heterocycles. The van der Waals surface area contributed by atoms with E-state index in [1.807, 2.05) is 0 Å². The summed E-state index contributed by atoms with van der Waals surface area (Å²) in [5, 5.41) is 9.02. The molecule has 0 bridgehead atoms. The Balaban J connectivity index is 1.74. The Bertz CT molecular complexity index is 1290. The largest absolute Gasteiger partial charge is 0.459 e. The van der Waals surface area contributed by atoms with Gasteiger partial charge in [0.25, 0.3) is 5.91 Å². The minimum atomic E-state index is -6.32. The molecule has 190 valence electrons. The van der Waals surface area contributed by atoms with Gasteiger partial charge in [0.1, 0.15) is 11.7 Å². The number of nitrogens with zero attached hydrogens (tertiary/aromatic N) is 4. The molecule has 4 rings (SSSR count). The third-order valence-corrected chi connectivity index (χ3v) is 6.33. The normalized spacial score (nSPS) is 18.7. The zero-order valence-corrected chi connectivity index (χ0v) is 18.4. The zero-order valence-electron chi connectivity index (χ0n) is 17.6. The third kappa shape index (κ3) is 4.38. The number of nitrogens with one attached hydrogen (secondary N) is 1. The zero-order chi connectivity index (χ0) is 26.1. The van der Waals surface area contributed by atoms with Crippen LogP contribution in [0.3, 0.4) is 0 Å². The Morgan fingerprint density at radius 2 is 1.80 bits per heavy atom. The highest BCUT2D eigenvalue weighted by molar-refractivity contribution is 7.15. The first kappa shape index (κ1) is 25.1. The van der Waals surface area contributed by atoms with E-state index in [0.717, 1.165) is 30.8 Å². The number of aryl methyl sites for hydroxylation is 2. The van der Waals surface area contributed by atoms with Crippen molar-refractivity contribution in [3.63, 3.8) is 0 Å². The van der Waals surface area contributed by atoms with Crippen molar-refractivity contribution < 1.29 is 44.3 Å². The van der Waals surface area contributed by atoms with Gasteiger partial charge < -0.3 is 5.32 Å². The maximum atomic E-state index is 13.9. The highest BCUT2D eigenvalue weighted by atomic mass is 32.1. The highest BCUT2D eigenvalue weighted by Gasteiger charge is 2.64. The van der Waals surface area contributed by atoms with Crippen molar-refractivity contribution >= 4 is 17.2 Å². The minimum Gasteiger partial charge on any atom is -0.346 e. The second-order valence-electron chi connectivity index (χ2n) is 7.83. The molecule has 0 aliphatic heterocycles. The van der Waals surface area contributed by atoms with Crippen LogP contribution < -0.4 is 5.32 Å². The van der Waals surface area contributed by atoms with Crippen LogP contribution in [-0.4, -0.2) is 43.9 Å². The fraction of sp³-hybridized carbons (Fsp3) is 0.421. The van der Waals surface area contributed by atoms with Crippen molar-refractivity contribution in [2.75, 3.05) is 0 Å². The van der Waals surface area contributed by atoms with Crippen molar-refractivity contribution in [3.05, 3.63) is 40.2 Å². The highest BCUT2D eigenvalue weighted by Crippen LogP contribution is 2.49. The van der Waals surface area contributed by atoms with Gasteiger partial charge in [-0.05, 0) is 13.0 Å². The van der Waals surface area contributed by atoms with Gasteiger partial charge in [0.05, 0.1) is 17.8 Å². The number of hydrogen-bond donors (Lipinski definition) is 1. The van der Waals surface area contributed by atoms with E-state index in [1.165, 1.54) is 6.07 Å². The molecule has 2 unspecified atom stereocenters. The molecule has 0 saturated heterocycles. The molecule has 35 heavy (non-hydrogen) atoms. The molecule has 1 aliphatic carbocycles. The minimum absolute atomic E-state index is 0.158. The van der Waals surface area contributed by atoms with E-state index in [1.54, 1.807) is 6.92 Å². The van der Waals surface area contributed by atoms with Crippen molar-refractivity contribution in [2.24, 2.45) is 7.05 Å². The molecule has 0 radical (unpaired) electrons. The molecule has 6 nitrogen and oxygen atoms in total. The number of thiophene rings is 1. The van der Waals surface area contributed by atoms with Gasteiger partial charge in [-0.15, -0.1) is 11.3 Å². The number of hydrogen-bond acceptors (Lipinski definition) is 4. The molecule has 0 aromatic carbocycles. The van der Waals surface area contributed by atoms with Gasteiger partial charge in [-0.3, -0.25) is 4.79 Å². The summed E-state index contributed by atoms with van der Waals surface area (Å²) >= 11 is 1.06. The molecule has 1 saturated carbocycles. The lowest BCUT2D eigenvalue weighted by molar-refractivity contribution is -0.292. The van der Waals surface area contributed by atoms with E-state index in [2.05, 4.69) is 15.5 Å². The Morgan fingerprint density at radius 1 is 1.17 bits per heavy atom. The maximum Gasteiger partial charge on any atom is 0.459 e. The summed E-state index contributed by atoms with van der Waals surface area (Å²) in [5.74, 6) is -7.58. The third-order valence-electron chi connectivity index (χ3n) is 5.23. The lowest BCUT2D eigenvalue weighted by Crippen LogP contribution is -2.36. The van der Waals surface area contributed by atoms with Gasteiger partial charge in [0.15, 0.2) is 11.5 Å². The molecule has 1 fully saturated rings. The van der Waals surface area contributed by atoms with Gasteiger partial charge in [-0.25, -0.2) is 13.8 Å².